The van der Waals surface area contributed by atoms with Crippen molar-refractivity contribution in [1.29, 1.82) is 0 Å². The third-order valence-corrected chi connectivity index (χ3v) is 5.72. The number of anilines is 1. The van der Waals surface area contributed by atoms with Crippen molar-refractivity contribution in [1.82, 2.24) is 9.78 Å². The van der Waals surface area contributed by atoms with E-state index in [4.69, 9.17) is 21.8 Å². The van der Waals surface area contributed by atoms with Crippen LogP contribution in [0.2, 0.25) is 5.22 Å². The lowest BCUT2D eigenvalue weighted by molar-refractivity contribution is 0.504. The minimum Gasteiger partial charge on any atom is -0.443 e. The standard InChI is InChI=1S/C13H16ClN3O3S/c1-2-9-12(10-3-4-11(14)20-10)16-17(13(9)15)8-5-6-21(18,19)7-8/h3-4,8H,2,5-7,15H2,1H3. The van der Waals surface area contributed by atoms with Crippen LogP contribution >= 0.6 is 11.6 Å². The molecule has 0 aliphatic carbocycles. The van der Waals surface area contributed by atoms with Gasteiger partial charge >= 0.3 is 0 Å². The number of hydrogen-bond donors (Lipinski definition) is 1. The van der Waals surface area contributed by atoms with Gasteiger partial charge in [-0.05, 0) is 36.6 Å². The predicted octanol–water partition coefficient (Wildman–Crippen LogP) is 2.30. The van der Waals surface area contributed by atoms with Crippen molar-refractivity contribution in [3.63, 3.8) is 0 Å². The summed E-state index contributed by atoms with van der Waals surface area (Å²) in [4.78, 5) is 0. The van der Waals surface area contributed by atoms with Crippen molar-refractivity contribution in [3.05, 3.63) is 22.9 Å². The largest absolute Gasteiger partial charge is 0.443 e. The van der Waals surface area contributed by atoms with Gasteiger partial charge < -0.3 is 10.2 Å². The van der Waals surface area contributed by atoms with Gasteiger partial charge in [0.1, 0.15) is 11.5 Å². The molecule has 0 aromatic carbocycles. The second kappa shape index (κ2) is 5.06. The summed E-state index contributed by atoms with van der Waals surface area (Å²) in [6.07, 6.45) is 1.22. The summed E-state index contributed by atoms with van der Waals surface area (Å²) in [7, 11) is -2.99. The Kier molecular flexibility index (Phi) is 3.49. The van der Waals surface area contributed by atoms with Crippen LogP contribution in [0.3, 0.4) is 0 Å². The zero-order valence-corrected chi connectivity index (χ0v) is 13.1. The highest BCUT2D eigenvalue weighted by atomic mass is 35.5. The quantitative estimate of drug-likeness (QED) is 0.932. The molecule has 0 saturated carbocycles. The maximum Gasteiger partial charge on any atom is 0.194 e. The minimum absolute atomic E-state index is 0.0837. The molecule has 0 bridgehead atoms. The molecule has 21 heavy (non-hydrogen) atoms. The van der Waals surface area contributed by atoms with E-state index in [1.807, 2.05) is 6.92 Å². The van der Waals surface area contributed by atoms with Gasteiger partial charge in [-0.2, -0.15) is 5.10 Å². The highest BCUT2D eigenvalue weighted by Gasteiger charge is 2.32. The summed E-state index contributed by atoms with van der Waals surface area (Å²) in [6.45, 7) is 1.97. The van der Waals surface area contributed by atoms with Gasteiger partial charge in [-0.1, -0.05) is 6.92 Å². The van der Waals surface area contributed by atoms with Crippen molar-refractivity contribution < 1.29 is 12.8 Å². The molecule has 2 aromatic rings. The van der Waals surface area contributed by atoms with Crippen LogP contribution in [0.15, 0.2) is 16.5 Å². The van der Waals surface area contributed by atoms with Crippen LogP contribution in [0.4, 0.5) is 5.82 Å². The summed E-state index contributed by atoms with van der Waals surface area (Å²) in [5.74, 6) is 1.31. The summed E-state index contributed by atoms with van der Waals surface area (Å²) >= 11 is 5.81. The van der Waals surface area contributed by atoms with Crippen molar-refractivity contribution in [2.45, 2.75) is 25.8 Å². The molecule has 6 nitrogen and oxygen atoms in total. The molecule has 2 aromatic heterocycles. The van der Waals surface area contributed by atoms with Crippen LogP contribution in [-0.4, -0.2) is 29.7 Å². The number of aromatic nitrogens is 2. The Hall–Kier alpha value is -1.47. The van der Waals surface area contributed by atoms with Gasteiger partial charge in [-0.25, -0.2) is 13.1 Å². The van der Waals surface area contributed by atoms with Crippen molar-refractivity contribution in [2.24, 2.45) is 0 Å². The molecular formula is C13H16ClN3O3S. The molecule has 1 unspecified atom stereocenters. The minimum atomic E-state index is -2.99. The highest BCUT2D eigenvalue weighted by Crippen LogP contribution is 2.34. The van der Waals surface area contributed by atoms with E-state index in [1.165, 1.54) is 0 Å². The number of rotatable bonds is 3. The molecule has 2 N–H and O–H groups in total. The predicted molar refractivity (Wildman–Crippen MR) is 81.0 cm³/mol. The van der Waals surface area contributed by atoms with E-state index >= 15 is 0 Å². The fraction of sp³-hybridized carbons (Fsp3) is 0.462. The summed E-state index contributed by atoms with van der Waals surface area (Å²) in [6, 6.07) is 3.17. The smallest absolute Gasteiger partial charge is 0.194 e. The van der Waals surface area contributed by atoms with Crippen molar-refractivity contribution in [3.8, 4) is 11.5 Å². The number of halogens is 1. The van der Waals surface area contributed by atoms with E-state index in [2.05, 4.69) is 5.10 Å². The second-order valence-corrected chi connectivity index (χ2v) is 7.77. The van der Waals surface area contributed by atoms with Crippen LogP contribution in [0, 0.1) is 0 Å². The molecule has 0 spiro atoms. The zero-order valence-electron chi connectivity index (χ0n) is 11.5. The third kappa shape index (κ3) is 2.55. The van der Waals surface area contributed by atoms with Crippen molar-refractivity contribution >= 4 is 27.3 Å². The Morgan fingerprint density at radius 3 is 2.81 bits per heavy atom. The summed E-state index contributed by atoms with van der Waals surface area (Å²) < 4.78 is 30.3. The lowest BCUT2D eigenvalue weighted by atomic mass is 10.1. The van der Waals surface area contributed by atoms with Gasteiger partial charge in [0, 0.05) is 5.56 Å². The molecule has 1 aliphatic heterocycles. The Balaban J connectivity index is 2.06. The Morgan fingerprint density at radius 1 is 1.52 bits per heavy atom. The van der Waals surface area contributed by atoms with Crippen LogP contribution in [0.25, 0.3) is 11.5 Å². The number of hydrogen-bond acceptors (Lipinski definition) is 5. The van der Waals surface area contributed by atoms with Gasteiger partial charge in [-0.3, -0.25) is 0 Å². The van der Waals surface area contributed by atoms with Gasteiger partial charge in [0.05, 0.1) is 17.5 Å². The molecular weight excluding hydrogens is 314 g/mol. The molecule has 1 atom stereocenters. The first-order chi connectivity index (χ1) is 9.91. The first-order valence-electron chi connectivity index (χ1n) is 6.74. The van der Waals surface area contributed by atoms with E-state index in [-0.39, 0.29) is 22.8 Å². The molecule has 3 rings (SSSR count). The average molecular weight is 330 g/mol. The SMILES string of the molecule is CCc1c(-c2ccc(Cl)o2)nn(C2CCS(=O)(=O)C2)c1N. The van der Waals surface area contributed by atoms with Gasteiger partial charge in [0.25, 0.3) is 0 Å². The van der Waals surface area contributed by atoms with Gasteiger partial charge in [-0.15, -0.1) is 0 Å². The van der Waals surface area contributed by atoms with Gasteiger partial charge in [0.2, 0.25) is 0 Å². The first-order valence-corrected chi connectivity index (χ1v) is 8.94. The first kappa shape index (κ1) is 14.5. The number of nitrogens with two attached hydrogens (primary N) is 1. The molecule has 8 heteroatoms. The summed E-state index contributed by atoms with van der Waals surface area (Å²) in [5, 5.41) is 4.77. The number of nitrogen functional groups attached to an aromatic ring is 1. The van der Waals surface area contributed by atoms with Crippen LogP contribution in [-0.2, 0) is 16.3 Å². The topological polar surface area (TPSA) is 91.1 Å². The number of sulfone groups is 1. The second-order valence-electron chi connectivity index (χ2n) is 5.17. The van der Waals surface area contributed by atoms with Gasteiger partial charge in [0.15, 0.2) is 20.8 Å². The lowest BCUT2D eigenvalue weighted by Gasteiger charge is -2.10. The van der Waals surface area contributed by atoms with E-state index < -0.39 is 9.84 Å². The Labute approximate surface area is 127 Å². The van der Waals surface area contributed by atoms with E-state index in [1.54, 1.807) is 16.8 Å². The molecule has 1 saturated heterocycles. The monoisotopic (exact) mass is 329 g/mol. The molecule has 114 valence electrons. The molecule has 0 amide bonds. The third-order valence-electron chi connectivity index (χ3n) is 3.76. The zero-order chi connectivity index (χ0) is 15.2. The normalized spacial score (nSPS) is 21.0. The highest BCUT2D eigenvalue weighted by molar-refractivity contribution is 7.91. The molecule has 3 heterocycles. The molecule has 1 aliphatic rings. The van der Waals surface area contributed by atoms with E-state index in [0.29, 0.717) is 30.1 Å². The lowest BCUT2D eigenvalue weighted by Crippen LogP contribution is -2.15. The fourth-order valence-electron chi connectivity index (χ4n) is 2.72. The summed E-state index contributed by atoms with van der Waals surface area (Å²) in [5.41, 5.74) is 7.64. The number of nitrogens with zero attached hydrogens (tertiary/aromatic N) is 2. The Morgan fingerprint density at radius 2 is 2.29 bits per heavy atom. The van der Waals surface area contributed by atoms with Crippen molar-refractivity contribution in [2.75, 3.05) is 17.2 Å². The van der Waals surface area contributed by atoms with E-state index in [0.717, 1.165) is 5.56 Å². The maximum absolute atomic E-state index is 11.6. The van der Waals surface area contributed by atoms with Crippen LogP contribution in [0.5, 0.6) is 0 Å². The van der Waals surface area contributed by atoms with E-state index in [9.17, 15) is 8.42 Å². The fourth-order valence-corrected chi connectivity index (χ4v) is 4.55. The molecule has 0 radical (unpaired) electrons. The number of furan rings is 1. The van der Waals surface area contributed by atoms with Crippen LogP contribution in [0.1, 0.15) is 24.9 Å². The molecule has 1 fully saturated rings. The Bertz CT molecular complexity index is 779. The maximum atomic E-state index is 11.6. The average Bonchev–Trinajstić information content (AvgIpc) is 3.07. The van der Waals surface area contributed by atoms with Crippen LogP contribution < -0.4 is 5.73 Å².